The number of carbonyl (C=O) groups excluding carboxylic acids is 1. The molecule has 4 aromatic rings. The number of nitrogens with zero attached hydrogens (tertiary/aromatic N) is 4. The number of rotatable bonds is 10. The second kappa shape index (κ2) is 11.0. The Bertz CT molecular complexity index is 1220. The molecular weight excluding hydrogens is 450 g/mol. The molecule has 0 saturated carbocycles. The number of thioether (sulfide) groups is 1. The van der Waals surface area contributed by atoms with E-state index in [0.717, 1.165) is 42.1 Å². The van der Waals surface area contributed by atoms with Crippen molar-refractivity contribution in [2.45, 2.75) is 43.6 Å². The number of methoxy groups -OCH3 is 1. The monoisotopic (exact) mass is 477 g/mol. The molecule has 2 aromatic carbocycles. The van der Waals surface area contributed by atoms with Crippen LogP contribution in [0.3, 0.4) is 0 Å². The third-order valence-electron chi connectivity index (χ3n) is 5.24. The minimum atomic E-state index is -0.550. The third-order valence-corrected chi connectivity index (χ3v) is 6.48. The Morgan fingerprint density at radius 1 is 1.15 bits per heavy atom. The van der Waals surface area contributed by atoms with Crippen LogP contribution in [0.25, 0.3) is 11.4 Å². The van der Waals surface area contributed by atoms with E-state index in [9.17, 15) is 4.79 Å². The molecule has 1 unspecified atom stereocenters. The average molecular weight is 478 g/mol. The zero-order valence-corrected chi connectivity index (χ0v) is 20.2. The second-order valence-corrected chi connectivity index (χ2v) is 8.83. The Balaban J connectivity index is 1.67. The fourth-order valence-corrected chi connectivity index (χ4v) is 4.53. The van der Waals surface area contributed by atoms with E-state index in [1.54, 1.807) is 20.1 Å². The first kappa shape index (κ1) is 23.6. The Labute approximate surface area is 202 Å². The van der Waals surface area contributed by atoms with E-state index in [2.05, 4.69) is 32.2 Å². The summed E-state index contributed by atoms with van der Waals surface area (Å²) in [6.45, 7) is 4.67. The molecule has 1 amide bonds. The number of anilines is 1. The number of carbonyl (C=O) groups is 1. The lowest BCUT2D eigenvalue weighted by atomic mass is 10.1. The lowest BCUT2D eigenvalue weighted by Gasteiger charge is -2.17. The Morgan fingerprint density at radius 2 is 1.91 bits per heavy atom. The fraction of sp³-hybridized carbons (Fsp3) is 0.280. The van der Waals surface area contributed by atoms with Crippen molar-refractivity contribution in [3.63, 3.8) is 0 Å². The Hall–Kier alpha value is -3.59. The predicted octanol–water partition coefficient (Wildman–Crippen LogP) is 5.52. The van der Waals surface area contributed by atoms with Gasteiger partial charge in [-0.3, -0.25) is 4.79 Å². The van der Waals surface area contributed by atoms with Gasteiger partial charge in [0.25, 0.3) is 0 Å². The highest BCUT2D eigenvalue weighted by Crippen LogP contribution is 2.37. The lowest BCUT2D eigenvalue weighted by Crippen LogP contribution is -2.20. The number of hydrogen-bond acceptors (Lipinski definition) is 7. The number of unbranched alkanes of at least 4 members (excludes halogenated alkanes) is 1. The molecule has 4 rings (SSSR count). The summed E-state index contributed by atoms with van der Waals surface area (Å²) in [5.41, 5.74) is 1.80. The molecule has 0 fully saturated rings. The van der Waals surface area contributed by atoms with Gasteiger partial charge >= 0.3 is 0 Å². The molecule has 0 saturated heterocycles. The van der Waals surface area contributed by atoms with E-state index in [4.69, 9.17) is 9.26 Å². The number of aromatic nitrogens is 4. The van der Waals surface area contributed by atoms with Gasteiger partial charge in [0.2, 0.25) is 5.91 Å². The topological polar surface area (TPSA) is 95.1 Å². The maximum atomic E-state index is 13.3. The summed E-state index contributed by atoms with van der Waals surface area (Å²) in [4.78, 5) is 13.3. The highest BCUT2D eigenvalue weighted by molar-refractivity contribution is 8.00. The van der Waals surface area contributed by atoms with E-state index in [0.29, 0.717) is 16.7 Å². The Kier molecular flexibility index (Phi) is 7.64. The summed E-state index contributed by atoms with van der Waals surface area (Å²) < 4.78 is 12.5. The summed E-state index contributed by atoms with van der Waals surface area (Å²) in [6.07, 6.45) is 1.99. The quantitative estimate of drug-likeness (QED) is 0.300. The summed E-state index contributed by atoms with van der Waals surface area (Å²) in [7, 11) is 1.64. The fourth-order valence-electron chi connectivity index (χ4n) is 3.47. The first-order valence-corrected chi connectivity index (χ1v) is 12.0. The van der Waals surface area contributed by atoms with Crippen LogP contribution in [0.2, 0.25) is 0 Å². The Morgan fingerprint density at radius 3 is 2.56 bits per heavy atom. The third kappa shape index (κ3) is 5.48. The van der Waals surface area contributed by atoms with Crippen molar-refractivity contribution in [2.75, 3.05) is 12.4 Å². The number of benzene rings is 2. The van der Waals surface area contributed by atoms with Crippen LogP contribution in [-0.2, 0) is 11.3 Å². The SMILES string of the molecule is CCCCn1c(SC(C(=O)Nc2cc(C)on2)c2ccccc2)nnc1-c1ccc(OC)cc1. The molecule has 1 atom stereocenters. The van der Waals surface area contributed by atoms with E-state index < -0.39 is 5.25 Å². The van der Waals surface area contributed by atoms with Crippen molar-refractivity contribution in [1.82, 2.24) is 19.9 Å². The molecular formula is C25H27N5O3S. The van der Waals surface area contributed by atoms with Crippen LogP contribution in [0.4, 0.5) is 5.82 Å². The van der Waals surface area contributed by atoms with Gasteiger partial charge in [-0.15, -0.1) is 10.2 Å². The van der Waals surface area contributed by atoms with E-state index in [1.807, 2.05) is 54.6 Å². The van der Waals surface area contributed by atoms with Crippen LogP contribution < -0.4 is 10.1 Å². The normalized spacial score (nSPS) is 11.9. The molecule has 1 N–H and O–H groups in total. The van der Waals surface area contributed by atoms with Crippen LogP contribution in [0, 0.1) is 6.92 Å². The highest BCUT2D eigenvalue weighted by Gasteiger charge is 2.26. The van der Waals surface area contributed by atoms with E-state index >= 15 is 0 Å². The first-order valence-electron chi connectivity index (χ1n) is 11.1. The molecule has 8 nitrogen and oxygen atoms in total. The zero-order valence-electron chi connectivity index (χ0n) is 19.4. The van der Waals surface area contributed by atoms with Gasteiger partial charge in [-0.1, -0.05) is 60.6 Å². The smallest absolute Gasteiger partial charge is 0.243 e. The summed E-state index contributed by atoms with van der Waals surface area (Å²) in [5.74, 6) is 2.35. The maximum Gasteiger partial charge on any atom is 0.243 e. The molecule has 0 aliphatic heterocycles. The van der Waals surface area contributed by atoms with Gasteiger partial charge in [0.15, 0.2) is 16.8 Å². The molecule has 0 bridgehead atoms. The van der Waals surface area contributed by atoms with Crippen LogP contribution >= 0.6 is 11.8 Å². The van der Waals surface area contributed by atoms with Crippen molar-refractivity contribution in [3.05, 3.63) is 72.0 Å². The zero-order chi connectivity index (χ0) is 23.9. The first-order chi connectivity index (χ1) is 16.6. The number of aryl methyl sites for hydroxylation is 1. The second-order valence-electron chi connectivity index (χ2n) is 7.76. The van der Waals surface area contributed by atoms with Crippen molar-refractivity contribution in [3.8, 4) is 17.1 Å². The molecule has 9 heteroatoms. The number of ether oxygens (including phenoxy) is 1. The summed E-state index contributed by atoms with van der Waals surface area (Å²) >= 11 is 1.37. The standard InChI is InChI=1S/C25H27N5O3S/c1-4-5-15-30-23(19-11-13-20(32-3)14-12-19)27-28-25(30)34-22(18-9-7-6-8-10-18)24(31)26-21-16-17(2)33-29-21/h6-14,16,22H,4-5,15H2,1-3H3,(H,26,29,31). The minimum Gasteiger partial charge on any atom is -0.497 e. The summed E-state index contributed by atoms with van der Waals surface area (Å²) in [6, 6.07) is 19.1. The van der Waals surface area contributed by atoms with Crippen LogP contribution in [0.5, 0.6) is 5.75 Å². The molecule has 2 aromatic heterocycles. The van der Waals surface area contributed by atoms with Gasteiger partial charge < -0.3 is 19.1 Å². The lowest BCUT2D eigenvalue weighted by molar-refractivity contribution is -0.115. The van der Waals surface area contributed by atoms with Gasteiger partial charge in [-0.05, 0) is 43.2 Å². The summed E-state index contributed by atoms with van der Waals surface area (Å²) in [5, 5.41) is 15.8. The van der Waals surface area contributed by atoms with Gasteiger partial charge in [0.05, 0.1) is 7.11 Å². The number of amides is 1. The van der Waals surface area contributed by atoms with Crippen molar-refractivity contribution >= 4 is 23.5 Å². The average Bonchev–Trinajstić information content (AvgIpc) is 3.46. The van der Waals surface area contributed by atoms with Crippen LogP contribution in [-0.4, -0.2) is 32.9 Å². The van der Waals surface area contributed by atoms with Gasteiger partial charge in [-0.25, -0.2) is 0 Å². The van der Waals surface area contributed by atoms with E-state index in [1.165, 1.54) is 11.8 Å². The van der Waals surface area contributed by atoms with Gasteiger partial charge in [0.1, 0.15) is 16.8 Å². The van der Waals surface area contributed by atoms with Crippen LogP contribution in [0.1, 0.15) is 36.3 Å². The van der Waals surface area contributed by atoms with E-state index in [-0.39, 0.29) is 5.91 Å². The molecule has 0 aliphatic carbocycles. The van der Waals surface area contributed by atoms with Crippen molar-refractivity contribution < 1.29 is 14.1 Å². The maximum absolute atomic E-state index is 13.3. The predicted molar refractivity (Wildman–Crippen MR) is 132 cm³/mol. The number of hydrogen-bond donors (Lipinski definition) is 1. The van der Waals surface area contributed by atoms with Crippen molar-refractivity contribution in [2.24, 2.45) is 0 Å². The number of nitrogens with one attached hydrogen (secondary N) is 1. The molecule has 0 aliphatic rings. The van der Waals surface area contributed by atoms with Crippen molar-refractivity contribution in [1.29, 1.82) is 0 Å². The molecule has 34 heavy (non-hydrogen) atoms. The molecule has 0 spiro atoms. The van der Waals surface area contributed by atoms with Crippen LogP contribution in [0.15, 0.2) is 70.3 Å². The molecule has 0 radical (unpaired) electrons. The highest BCUT2D eigenvalue weighted by atomic mass is 32.2. The molecule has 176 valence electrons. The minimum absolute atomic E-state index is 0.208. The largest absolute Gasteiger partial charge is 0.497 e. The van der Waals surface area contributed by atoms with Gasteiger partial charge in [0, 0.05) is 18.2 Å². The molecule has 2 heterocycles. The van der Waals surface area contributed by atoms with Gasteiger partial charge in [-0.2, -0.15) is 0 Å².